The lowest BCUT2D eigenvalue weighted by molar-refractivity contribution is 0.571. The quantitative estimate of drug-likeness (QED) is 0.730. The largest absolute Gasteiger partial charge is 0.204 e. The number of tetrazole rings is 1. The number of nitrogens with zero attached hydrogens (tertiary/aromatic N) is 4. The van der Waals surface area contributed by atoms with Gasteiger partial charge >= 0.3 is 0 Å². The first-order valence-corrected chi connectivity index (χ1v) is 6.62. The molecule has 4 heteroatoms. The fraction of sp³-hybridized carbons (Fsp3) is 0.188. The molecular weight excluding hydrogens is 248 g/mol. The van der Waals surface area contributed by atoms with E-state index in [2.05, 4.69) is 47.5 Å². The van der Waals surface area contributed by atoms with Crippen LogP contribution in [0.4, 0.5) is 0 Å². The van der Waals surface area contributed by atoms with Crippen LogP contribution < -0.4 is 0 Å². The zero-order valence-electron chi connectivity index (χ0n) is 11.6. The van der Waals surface area contributed by atoms with Crippen molar-refractivity contribution in [2.45, 2.75) is 20.4 Å². The van der Waals surface area contributed by atoms with Gasteiger partial charge in [-0.2, -0.15) is 4.80 Å². The van der Waals surface area contributed by atoms with E-state index in [4.69, 9.17) is 0 Å². The van der Waals surface area contributed by atoms with Gasteiger partial charge < -0.3 is 0 Å². The molecule has 0 aliphatic heterocycles. The van der Waals surface area contributed by atoms with Crippen molar-refractivity contribution in [3.63, 3.8) is 0 Å². The maximum absolute atomic E-state index is 4.44. The van der Waals surface area contributed by atoms with E-state index in [1.54, 1.807) is 4.80 Å². The van der Waals surface area contributed by atoms with Crippen LogP contribution in [0, 0.1) is 13.8 Å². The Morgan fingerprint density at radius 3 is 2.60 bits per heavy atom. The highest BCUT2D eigenvalue weighted by Gasteiger charge is 2.07. The summed E-state index contributed by atoms with van der Waals surface area (Å²) in [6, 6.07) is 16.3. The molecule has 20 heavy (non-hydrogen) atoms. The van der Waals surface area contributed by atoms with Crippen LogP contribution in [0.2, 0.25) is 0 Å². The van der Waals surface area contributed by atoms with Crippen LogP contribution in [-0.4, -0.2) is 20.2 Å². The summed E-state index contributed by atoms with van der Waals surface area (Å²) in [5.41, 5.74) is 4.70. The fourth-order valence-electron chi connectivity index (χ4n) is 2.14. The average Bonchev–Trinajstić information content (AvgIpc) is 2.92. The summed E-state index contributed by atoms with van der Waals surface area (Å²) in [4.78, 5) is 1.64. The molecule has 0 saturated heterocycles. The van der Waals surface area contributed by atoms with E-state index in [9.17, 15) is 0 Å². The van der Waals surface area contributed by atoms with Crippen molar-refractivity contribution < 1.29 is 0 Å². The van der Waals surface area contributed by atoms with E-state index in [1.807, 2.05) is 30.3 Å². The average molecular weight is 264 g/mol. The van der Waals surface area contributed by atoms with E-state index < -0.39 is 0 Å². The van der Waals surface area contributed by atoms with Crippen LogP contribution in [-0.2, 0) is 6.54 Å². The fourth-order valence-corrected chi connectivity index (χ4v) is 2.14. The lowest BCUT2D eigenvalue weighted by Crippen LogP contribution is -2.05. The summed E-state index contributed by atoms with van der Waals surface area (Å²) in [6.45, 7) is 4.84. The summed E-state index contributed by atoms with van der Waals surface area (Å²) in [7, 11) is 0. The Labute approximate surface area is 118 Å². The molecule has 0 unspecified atom stereocenters. The smallest absolute Gasteiger partial charge is 0.159 e. The summed E-state index contributed by atoms with van der Waals surface area (Å²) in [6.07, 6.45) is 0. The van der Waals surface area contributed by atoms with Crippen LogP contribution in [0.25, 0.3) is 11.4 Å². The van der Waals surface area contributed by atoms with Crippen LogP contribution >= 0.6 is 0 Å². The number of rotatable bonds is 3. The van der Waals surface area contributed by atoms with Crippen molar-refractivity contribution >= 4 is 0 Å². The molecule has 0 bridgehead atoms. The van der Waals surface area contributed by atoms with Crippen LogP contribution in [0.15, 0.2) is 48.5 Å². The third-order valence-electron chi connectivity index (χ3n) is 3.30. The Hall–Kier alpha value is -2.49. The van der Waals surface area contributed by atoms with Gasteiger partial charge in [0, 0.05) is 5.56 Å². The molecule has 0 aliphatic carbocycles. The highest BCUT2D eigenvalue weighted by molar-refractivity contribution is 5.53. The first kappa shape index (κ1) is 12.5. The molecule has 4 nitrogen and oxygen atoms in total. The topological polar surface area (TPSA) is 43.6 Å². The van der Waals surface area contributed by atoms with Gasteiger partial charge in [-0.05, 0) is 30.2 Å². The Morgan fingerprint density at radius 2 is 1.80 bits per heavy atom. The number of aromatic nitrogens is 4. The van der Waals surface area contributed by atoms with Crippen molar-refractivity contribution in [3.05, 3.63) is 65.2 Å². The van der Waals surface area contributed by atoms with Crippen molar-refractivity contribution in [3.8, 4) is 11.4 Å². The number of hydrogen-bond acceptors (Lipinski definition) is 3. The third kappa shape index (κ3) is 2.59. The summed E-state index contributed by atoms with van der Waals surface area (Å²) < 4.78 is 0. The lowest BCUT2D eigenvalue weighted by atomic mass is 10.1. The minimum atomic E-state index is 0.646. The molecule has 0 atom stereocenters. The molecule has 0 aliphatic rings. The van der Waals surface area contributed by atoms with Gasteiger partial charge in [0.2, 0.25) is 5.82 Å². The van der Waals surface area contributed by atoms with Crippen LogP contribution in [0.3, 0.4) is 0 Å². The van der Waals surface area contributed by atoms with Gasteiger partial charge in [0.05, 0.1) is 6.54 Å². The van der Waals surface area contributed by atoms with Gasteiger partial charge in [-0.1, -0.05) is 54.1 Å². The molecule has 1 aromatic heterocycles. The molecule has 2 aromatic carbocycles. The molecule has 3 rings (SSSR count). The monoisotopic (exact) mass is 264 g/mol. The summed E-state index contributed by atoms with van der Waals surface area (Å²) in [5.74, 6) is 0.663. The second-order valence-corrected chi connectivity index (χ2v) is 4.94. The molecule has 0 fully saturated rings. The first-order valence-electron chi connectivity index (χ1n) is 6.62. The van der Waals surface area contributed by atoms with Crippen molar-refractivity contribution in [1.29, 1.82) is 0 Å². The van der Waals surface area contributed by atoms with Gasteiger partial charge in [-0.15, -0.1) is 10.2 Å². The molecule has 0 N–H and O–H groups in total. The van der Waals surface area contributed by atoms with Crippen LogP contribution in [0.5, 0.6) is 0 Å². The van der Waals surface area contributed by atoms with E-state index in [1.165, 1.54) is 16.7 Å². The minimum absolute atomic E-state index is 0.646. The molecule has 0 amide bonds. The first-order chi connectivity index (χ1) is 9.72. The standard InChI is InChI=1S/C16H16N4/c1-12-8-9-13(2)15(10-12)11-20-18-16(17-19-20)14-6-4-3-5-7-14/h3-10H,11H2,1-2H3. The normalized spacial score (nSPS) is 10.7. The van der Waals surface area contributed by atoms with Crippen molar-refractivity contribution in [2.75, 3.05) is 0 Å². The molecular formula is C16H16N4. The third-order valence-corrected chi connectivity index (χ3v) is 3.30. The Morgan fingerprint density at radius 1 is 1.00 bits per heavy atom. The molecule has 100 valence electrons. The van der Waals surface area contributed by atoms with Gasteiger partial charge in [0.15, 0.2) is 0 Å². The summed E-state index contributed by atoms with van der Waals surface area (Å²) >= 11 is 0. The second-order valence-electron chi connectivity index (χ2n) is 4.94. The predicted molar refractivity (Wildman–Crippen MR) is 78.3 cm³/mol. The Bertz CT molecular complexity index is 716. The molecule has 1 heterocycles. The number of benzene rings is 2. The van der Waals surface area contributed by atoms with Gasteiger partial charge in [0.25, 0.3) is 0 Å². The van der Waals surface area contributed by atoms with Gasteiger partial charge in [0.1, 0.15) is 0 Å². The highest BCUT2D eigenvalue weighted by Crippen LogP contribution is 2.14. The zero-order chi connectivity index (χ0) is 13.9. The maximum atomic E-state index is 4.44. The molecule has 0 radical (unpaired) electrons. The van der Waals surface area contributed by atoms with Crippen LogP contribution in [0.1, 0.15) is 16.7 Å². The molecule has 0 spiro atoms. The second kappa shape index (κ2) is 5.25. The Balaban J connectivity index is 1.86. The van der Waals surface area contributed by atoms with E-state index in [0.29, 0.717) is 12.4 Å². The predicted octanol–water partition coefficient (Wildman–Crippen LogP) is 3.01. The van der Waals surface area contributed by atoms with Crippen molar-refractivity contribution in [2.24, 2.45) is 0 Å². The zero-order valence-corrected chi connectivity index (χ0v) is 11.6. The summed E-state index contributed by atoms with van der Waals surface area (Å²) in [5, 5.41) is 12.7. The van der Waals surface area contributed by atoms with E-state index in [-0.39, 0.29) is 0 Å². The molecule has 0 saturated carbocycles. The van der Waals surface area contributed by atoms with Crippen molar-refractivity contribution in [1.82, 2.24) is 20.2 Å². The Kier molecular flexibility index (Phi) is 3.29. The number of aryl methyl sites for hydroxylation is 2. The van der Waals surface area contributed by atoms with Gasteiger partial charge in [-0.25, -0.2) is 0 Å². The molecule has 3 aromatic rings. The van der Waals surface area contributed by atoms with E-state index in [0.717, 1.165) is 5.56 Å². The lowest BCUT2D eigenvalue weighted by Gasteiger charge is -2.05. The number of hydrogen-bond donors (Lipinski definition) is 0. The van der Waals surface area contributed by atoms with Gasteiger partial charge in [-0.3, -0.25) is 0 Å². The maximum Gasteiger partial charge on any atom is 0.204 e. The highest BCUT2D eigenvalue weighted by atomic mass is 15.6. The SMILES string of the molecule is Cc1ccc(C)c(Cn2nnc(-c3ccccc3)n2)c1. The minimum Gasteiger partial charge on any atom is -0.159 e. The van der Waals surface area contributed by atoms with E-state index >= 15 is 0 Å².